The van der Waals surface area contributed by atoms with Gasteiger partial charge >= 0.3 is 0 Å². The Balaban J connectivity index is 2.19. The minimum atomic E-state index is 1.09. The molecule has 1 radical (unpaired) electrons. The van der Waals surface area contributed by atoms with Crippen LogP contribution < -0.4 is 0 Å². The molecule has 0 bridgehead atoms. The van der Waals surface area contributed by atoms with Gasteiger partial charge in [0.1, 0.15) is 0 Å². The summed E-state index contributed by atoms with van der Waals surface area (Å²) in [4.78, 5) is 0. The summed E-state index contributed by atoms with van der Waals surface area (Å²) in [6.45, 7) is 5.85. The third kappa shape index (κ3) is 4.00. The predicted octanol–water partition coefficient (Wildman–Crippen LogP) is 2.01. The van der Waals surface area contributed by atoms with Crippen LogP contribution in [-0.4, -0.2) is 0 Å². The smallest absolute Gasteiger partial charge is 0.0533 e. The van der Waals surface area contributed by atoms with E-state index in [1.165, 1.54) is 12.8 Å². The second-order valence-electron chi connectivity index (χ2n) is 1.21. The van der Waals surface area contributed by atoms with Crippen LogP contribution >= 0.6 is 0 Å². The summed E-state index contributed by atoms with van der Waals surface area (Å²) in [6.07, 6.45) is 3.65. The van der Waals surface area contributed by atoms with Crippen LogP contribution in [0.25, 0.3) is 0 Å². The van der Waals surface area contributed by atoms with Gasteiger partial charge in [-0.15, -0.1) is 0 Å². The number of hydrogen-bond donors (Lipinski definition) is 0. The average Bonchev–Trinajstić information content (AvgIpc) is 1.41. The predicted molar refractivity (Wildman–Crippen MR) is 24.9 cm³/mol. The molecule has 0 aromatic carbocycles. The summed E-state index contributed by atoms with van der Waals surface area (Å²) in [5, 5.41) is 0. The molecule has 0 aliphatic rings. The lowest BCUT2D eigenvalue weighted by Crippen LogP contribution is -1.59. The quantitative estimate of drug-likeness (QED) is 0.467. The highest BCUT2D eigenvalue weighted by Crippen LogP contribution is 1.87. The molecule has 5 heavy (non-hydrogen) atoms. The number of rotatable bonds is 2. The van der Waals surface area contributed by atoms with Crippen LogP contribution in [0.5, 0.6) is 0 Å². The van der Waals surface area contributed by atoms with Crippen molar-refractivity contribution >= 4 is 0 Å². The highest BCUT2D eigenvalue weighted by atomic mass is 13.7. The largest absolute Gasteiger partial charge is 0.0654 e. The van der Waals surface area contributed by atoms with Crippen molar-refractivity contribution in [2.75, 3.05) is 0 Å². The third-order valence-corrected chi connectivity index (χ3v) is 0.604. The molecule has 0 amide bonds. The van der Waals surface area contributed by atoms with Gasteiger partial charge in [-0.05, 0) is 0 Å². The van der Waals surface area contributed by atoms with E-state index in [0.717, 1.165) is 6.42 Å². The summed E-state index contributed by atoms with van der Waals surface area (Å²) in [7, 11) is 0. The van der Waals surface area contributed by atoms with Crippen LogP contribution in [0, 0.1) is 6.92 Å². The van der Waals surface area contributed by atoms with Gasteiger partial charge in [-0.1, -0.05) is 33.1 Å². The van der Waals surface area contributed by atoms with Crippen LogP contribution in [0.3, 0.4) is 0 Å². The molecule has 0 aliphatic carbocycles. The zero-order chi connectivity index (χ0) is 4.12. The highest BCUT2D eigenvalue weighted by molar-refractivity contribution is 4.35. The first-order valence-corrected chi connectivity index (χ1v) is 2.21. The molecule has 0 saturated heterocycles. The van der Waals surface area contributed by atoms with Crippen LogP contribution in [0.2, 0.25) is 0 Å². The minimum Gasteiger partial charge on any atom is -0.0654 e. The van der Waals surface area contributed by atoms with Gasteiger partial charge in [-0.2, -0.15) is 0 Å². The molecule has 0 spiro atoms. The van der Waals surface area contributed by atoms with Crippen molar-refractivity contribution in [1.82, 2.24) is 0 Å². The second-order valence-corrected chi connectivity index (χ2v) is 1.21. The molecule has 0 aromatic heterocycles. The Bertz CT molecular complexity index is 7.51. The van der Waals surface area contributed by atoms with Crippen molar-refractivity contribution in [2.45, 2.75) is 26.2 Å². The molecule has 0 saturated carbocycles. The van der Waals surface area contributed by atoms with Crippen molar-refractivity contribution < 1.29 is 0 Å². The van der Waals surface area contributed by atoms with Gasteiger partial charge < -0.3 is 0 Å². The van der Waals surface area contributed by atoms with Gasteiger partial charge in [-0.3, -0.25) is 0 Å². The lowest BCUT2D eigenvalue weighted by Gasteiger charge is -1.79. The fourth-order valence-electron chi connectivity index (χ4n) is 0.250. The lowest BCUT2D eigenvalue weighted by molar-refractivity contribution is 0.813. The second kappa shape index (κ2) is 4.00. The molecule has 0 heteroatoms. The topological polar surface area (TPSA) is 0 Å². The lowest BCUT2D eigenvalue weighted by atomic mass is 10.3. The van der Waals surface area contributed by atoms with Gasteiger partial charge in [0.05, 0.1) is 0 Å². The molecule has 0 aliphatic heterocycles. The summed E-state index contributed by atoms with van der Waals surface area (Å²) in [5.41, 5.74) is 0. The summed E-state index contributed by atoms with van der Waals surface area (Å²) < 4.78 is 0. The number of unbranched alkanes of at least 4 members (excludes halogenated alkanes) is 2. The van der Waals surface area contributed by atoms with E-state index in [0.29, 0.717) is 0 Å². The first kappa shape index (κ1) is 5.00. The third-order valence-electron chi connectivity index (χ3n) is 0.604. The molecule has 0 aromatic rings. The van der Waals surface area contributed by atoms with E-state index in [-0.39, 0.29) is 0 Å². The van der Waals surface area contributed by atoms with Gasteiger partial charge in [0.25, 0.3) is 0 Å². The van der Waals surface area contributed by atoms with E-state index in [4.69, 9.17) is 0 Å². The molecule has 0 N–H and O–H groups in total. The van der Waals surface area contributed by atoms with Crippen molar-refractivity contribution in [3.63, 3.8) is 0 Å². The summed E-state index contributed by atoms with van der Waals surface area (Å²) in [5.74, 6) is 0. The summed E-state index contributed by atoms with van der Waals surface area (Å²) in [6, 6.07) is 0. The molecule has 0 atom stereocenters. The Kier molecular flexibility index (Phi) is 4.00. The fraction of sp³-hybridized carbons (Fsp3) is 0.800. The van der Waals surface area contributed by atoms with Crippen LogP contribution in [0.1, 0.15) is 26.2 Å². The van der Waals surface area contributed by atoms with E-state index < -0.39 is 0 Å². The maximum Gasteiger partial charge on any atom is -0.0533 e. The Hall–Kier alpha value is 0. The van der Waals surface area contributed by atoms with E-state index in [1.54, 1.807) is 0 Å². The SMILES string of the molecule is [CH2]CCCC. The zero-order valence-electron chi connectivity index (χ0n) is 3.83. The average molecular weight is 71.1 g/mol. The normalized spacial score (nSPS) is 8.40. The Morgan fingerprint density at radius 3 is 2.20 bits per heavy atom. The minimum absolute atomic E-state index is 1.09. The van der Waals surface area contributed by atoms with Crippen molar-refractivity contribution in [2.24, 2.45) is 0 Å². The molecule has 0 unspecified atom stereocenters. The molecule has 31 valence electrons. The Labute approximate surface area is 34.2 Å². The molecule has 0 heterocycles. The van der Waals surface area contributed by atoms with Crippen molar-refractivity contribution in [3.05, 3.63) is 6.92 Å². The van der Waals surface area contributed by atoms with Gasteiger partial charge in [-0.25, -0.2) is 0 Å². The van der Waals surface area contributed by atoms with Crippen molar-refractivity contribution in [1.29, 1.82) is 0 Å². The zero-order valence-corrected chi connectivity index (χ0v) is 3.83. The van der Waals surface area contributed by atoms with Gasteiger partial charge in [0.2, 0.25) is 0 Å². The van der Waals surface area contributed by atoms with Crippen molar-refractivity contribution in [3.8, 4) is 0 Å². The fourth-order valence-corrected chi connectivity index (χ4v) is 0.250. The molecular formula is C5H11. The Morgan fingerprint density at radius 1 is 1.60 bits per heavy atom. The van der Waals surface area contributed by atoms with Gasteiger partial charge in [0, 0.05) is 0 Å². The standard InChI is InChI=1S/C5H11/c1-3-5-4-2/h1,3-5H2,2H3. The monoisotopic (exact) mass is 71.1 g/mol. The van der Waals surface area contributed by atoms with E-state index >= 15 is 0 Å². The van der Waals surface area contributed by atoms with Crippen LogP contribution in [0.15, 0.2) is 0 Å². The van der Waals surface area contributed by atoms with Crippen LogP contribution in [-0.2, 0) is 0 Å². The van der Waals surface area contributed by atoms with E-state index in [2.05, 4.69) is 13.8 Å². The highest BCUT2D eigenvalue weighted by Gasteiger charge is 1.68. The van der Waals surface area contributed by atoms with Gasteiger partial charge in [0.15, 0.2) is 0 Å². The Morgan fingerprint density at radius 2 is 2.20 bits per heavy atom. The van der Waals surface area contributed by atoms with Crippen LogP contribution in [0.4, 0.5) is 0 Å². The molecule has 0 rings (SSSR count). The van der Waals surface area contributed by atoms with E-state index in [9.17, 15) is 0 Å². The summed E-state index contributed by atoms with van der Waals surface area (Å²) >= 11 is 0. The maximum atomic E-state index is 3.68. The molecule has 0 nitrogen and oxygen atoms in total. The number of hydrogen-bond acceptors (Lipinski definition) is 0. The molecular weight excluding hydrogens is 60.1 g/mol. The first-order chi connectivity index (χ1) is 2.41. The first-order valence-electron chi connectivity index (χ1n) is 2.21. The maximum absolute atomic E-state index is 3.68. The molecule has 0 fully saturated rings. The van der Waals surface area contributed by atoms with E-state index in [1.807, 2.05) is 0 Å².